The number of nitrogens with two attached hydrogens (primary N) is 1. The maximum absolute atomic E-state index is 11.9. The SMILES string of the molecule is NN(C(=O)COCc1ccccc1)C(=O)Cc1ccccc1. The van der Waals surface area contributed by atoms with E-state index in [-0.39, 0.29) is 13.0 Å². The molecule has 0 unspecified atom stereocenters. The molecule has 0 radical (unpaired) electrons. The number of carbonyl (C=O) groups excluding carboxylic acids is 2. The van der Waals surface area contributed by atoms with Crippen LogP contribution in [-0.4, -0.2) is 23.4 Å². The molecule has 114 valence electrons. The molecule has 0 aromatic heterocycles. The van der Waals surface area contributed by atoms with E-state index in [9.17, 15) is 9.59 Å². The van der Waals surface area contributed by atoms with Gasteiger partial charge >= 0.3 is 0 Å². The largest absolute Gasteiger partial charge is 0.367 e. The predicted octanol–water partition coefficient (Wildman–Crippen LogP) is 1.67. The number of rotatable bonds is 6. The van der Waals surface area contributed by atoms with Crippen LogP contribution in [0.25, 0.3) is 0 Å². The number of nitrogens with zero attached hydrogens (tertiary/aromatic N) is 1. The highest BCUT2D eigenvalue weighted by molar-refractivity contribution is 5.95. The second kappa shape index (κ2) is 8.07. The molecule has 0 heterocycles. The first-order chi connectivity index (χ1) is 10.7. The van der Waals surface area contributed by atoms with Gasteiger partial charge < -0.3 is 4.74 Å². The smallest absolute Gasteiger partial charge is 0.269 e. The summed E-state index contributed by atoms with van der Waals surface area (Å²) >= 11 is 0. The number of amides is 2. The Labute approximate surface area is 129 Å². The Kier molecular flexibility index (Phi) is 5.82. The predicted molar refractivity (Wildman–Crippen MR) is 82.3 cm³/mol. The van der Waals surface area contributed by atoms with Crippen molar-refractivity contribution in [2.24, 2.45) is 5.84 Å². The van der Waals surface area contributed by atoms with Crippen molar-refractivity contribution in [2.75, 3.05) is 6.61 Å². The lowest BCUT2D eigenvalue weighted by molar-refractivity contribution is -0.148. The molecular formula is C17H18N2O3. The fourth-order valence-corrected chi connectivity index (χ4v) is 1.89. The minimum atomic E-state index is -0.558. The van der Waals surface area contributed by atoms with Gasteiger partial charge in [0, 0.05) is 0 Å². The van der Waals surface area contributed by atoms with Crippen LogP contribution in [-0.2, 0) is 27.4 Å². The number of carbonyl (C=O) groups is 2. The van der Waals surface area contributed by atoms with Crippen molar-refractivity contribution in [3.8, 4) is 0 Å². The Bertz CT molecular complexity index is 614. The van der Waals surface area contributed by atoms with Gasteiger partial charge in [0.2, 0.25) is 5.91 Å². The molecule has 0 bridgehead atoms. The number of hydrogen-bond donors (Lipinski definition) is 1. The third kappa shape index (κ3) is 4.80. The lowest BCUT2D eigenvalue weighted by Crippen LogP contribution is -2.45. The zero-order chi connectivity index (χ0) is 15.8. The molecule has 0 aliphatic heterocycles. The molecule has 5 nitrogen and oxygen atoms in total. The first-order valence-corrected chi connectivity index (χ1v) is 6.93. The maximum atomic E-state index is 11.9. The van der Waals surface area contributed by atoms with E-state index in [4.69, 9.17) is 10.6 Å². The highest BCUT2D eigenvalue weighted by Gasteiger charge is 2.18. The summed E-state index contributed by atoms with van der Waals surface area (Å²) in [5.74, 6) is 4.53. The molecule has 2 N–H and O–H groups in total. The van der Waals surface area contributed by atoms with Crippen molar-refractivity contribution in [2.45, 2.75) is 13.0 Å². The quantitative estimate of drug-likeness (QED) is 0.500. The molecule has 0 spiro atoms. The van der Waals surface area contributed by atoms with Gasteiger partial charge in [-0.05, 0) is 11.1 Å². The zero-order valence-corrected chi connectivity index (χ0v) is 12.1. The van der Waals surface area contributed by atoms with Gasteiger partial charge in [-0.2, -0.15) is 0 Å². The molecule has 0 aliphatic rings. The summed E-state index contributed by atoms with van der Waals surface area (Å²) in [5.41, 5.74) is 1.76. The van der Waals surface area contributed by atoms with Gasteiger partial charge in [-0.1, -0.05) is 60.7 Å². The summed E-state index contributed by atoms with van der Waals surface area (Å²) in [7, 11) is 0. The second-order valence-corrected chi connectivity index (χ2v) is 4.80. The molecule has 2 rings (SSSR count). The molecule has 22 heavy (non-hydrogen) atoms. The van der Waals surface area contributed by atoms with Gasteiger partial charge in [0.15, 0.2) is 0 Å². The van der Waals surface area contributed by atoms with Crippen LogP contribution >= 0.6 is 0 Å². The second-order valence-electron chi connectivity index (χ2n) is 4.80. The minimum absolute atomic E-state index is 0.0851. The summed E-state index contributed by atoms with van der Waals surface area (Å²) in [6.45, 7) is 0.0687. The lowest BCUT2D eigenvalue weighted by Gasteiger charge is -2.15. The fourth-order valence-electron chi connectivity index (χ4n) is 1.89. The van der Waals surface area contributed by atoms with Crippen LogP contribution in [0.15, 0.2) is 60.7 Å². The van der Waals surface area contributed by atoms with Crippen LogP contribution in [0, 0.1) is 0 Å². The number of benzene rings is 2. The lowest BCUT2D eigenvalue weighted by atomic mass is 10.1. The molecule has 2 amide bonds. The standard InChI is InChI=1S/C17H18N2O3/c18-19(16(20)11-14-7-3-1-4-8-14)17(21)13-22-12-15-9-5-2-6-10-15/h1-10H,11-13,18H2. The molecule has 0 atom stereocenters. The fraction of sp³-hybridized carbons (Fsp3) is 0.176. The summed E-state index contributed by atoms with van der Waals surface area (Å²) in [6, 6.07) is 18.6. The number of hydrogen-bond acceptors (Lipinski definition) is 4. The average molecular weight is 298 g/mol. The van der Waals surface area contributed by atoms with Crippen molar-refractivity contribution in [1.29, 1.82) is 0 Å². The average Bonchev–Trinajstić information content (AvgIpc) is 2.56. The maximum Gasteiger partial charge on any atom is 0.269 e. The molecule has 0 saturated heterocycles. The van der Waals surface area contributed by atoms with Gasteiger partial charge in [-0.15, -0.1) is 0 Å². The monoisotopic (exact) mass is 298 g/mol. The highest BCUT2D eigenvalue weighted by Crippen LogP contribution is 2.03. The van der Waals surface area contributed by atoms with Gasteiger partial charge in [-0.3, -0.25) is 9.59 Å². The highest BCUT2D eigenvalue weighted by atomic mass is 16.5. The van der Waals surface area contributed by atoms with E-state index in [0.29, 0.717) is 11.6 Å². The van der Waals surface area contributed by atoms with E-state index < -0.39 is 11.8 Å². The molecule has 0 fully saturated rings. The first-order valence-electron chi connectivity index (χ1n) is 6.93. The van der Waals surface area contributed by atoms with E-state index in [0.717, 1.165) is 11.1 Å². The summed E-state index contributed by atoms with van der Waals surface area (Å²) in [4.78, 5) is 23.7. The van der Waals surface area contributed by atoms with E-state index in [2.05, 4.69) is 0 Å². The van der Waals surface area contributed by atoms with Crippen molar-refractivity contribution < 1.29 is 14.3 Å². The topological polar surface area (TPSA) is 72.6 Å². The molecular weight excluding hydrogens is 280 g/mol. The Morgan fingerprint density at radius 3 is 2.00 bits per heavy atom. The molecule has 0 saturated carbocycles. The van der Waals surface area contributed by atoms with E-state index >= 15 is 0 Å². The van der Waals surface area contributed by atoms with Crippen LogP contribution < -0.4 is 5.84 Å². The van der Waals surface area contributed by atoms with E-state index in [1.807, 2.05) is 60.7 Å². The van der Waals surface area contributed by atoms with Gasteiger partial charge in [0.25, 0.3) is 5.91 Å². The minimum Gasteiger partial charge on any atom is -0.367 e. The Balaban J connectivity index is 1.78. The number of imide groups is 1. The van der Waals surface area contributed by atoms with Gasteiger partial charge in [-0.25, -0.2) is 10.9 Å². The van der Waals surface area contributed by atoms with Crippen molar-refractivity contribution in [3.05, 3.63) is 71.8 Å². The number of ether oxygens (including phenoxy) is 1. The number of hydrazine groups is 1. The Morgan fingerprint density at radius 2 is 1.41 bits per heavy atom. The summed E-state index contributed by atoms with van der Waals surface area (Å²) in [6.07, 6.45) is 0.0851. The summed E-state index contributed by atoms with van der Waals surface area (Å²) < 4.78 is 5.28. The third-order valence-corrected chi connectivity index (χ3v) is 3.07. The zero-order valence-electron chi connectivity index (χ0n) is 12.1. The first kappa shape index (κ1) is 15.9. The van der Waals surface area contributed by atoms with E-state index in [1.165, 1.54) is 0 Å². The molecule has 0 aliphatic carbocycles. The van der Waals surface area contributed by atoms with Gasteiger partial charge in [0.05, 0.1) is 13.0 Å². The van der Waals surface area contributed by atoms with Gasteiger partial charge in [0.1, 0.15) is 6.61 Å². The normalized spacial score (nSPS) is 10.2. The van der Waals surface area contributed by atoms with E-state index in [1.54, 1.807) is 0 Å². The van der Waals surface area contributed by atoms with Crippen molar-refractivity contribution in [1.82, 2.24) is 5.01 Å². The van der Waals surface area contributed by atoms with Crippen LogP contribution in [0.1, 0.15) is 11.1 Å². The summed E-state index contributed by atoms with van der Waals surface area (Å²) in [5, 5.41) is 0.623. The molecule has 2 aromatic carbocycles. The Hall–Kier alpha value is -2.50. The van der Waals surface area contributed by atoms with Crippen LogP contribution in [0.2, 0.25) is 0 Å². The third-order valence-electron chi connectivity index (χ3n) is 3.07. The van der Waals surface area contributed by atoms with Crippen LogP contribution in [0.3, 0.4) is 0 Å². The van der Waals surface area contributed by atoms with Crippen LogP contribution in [0.4, 0.5) is 0 Å². The van der Waals surface area contributed by atoms with Crippen molar-refractivity contribution in [3.63, 3.8) is 0 Å². The molecule has 2 aromatic rings. The van der Waals surface area contributed by atoms with Crippen molar-refractivity contribution >= 4 is 11.8 Å². The molecule has 5 heteroatoms. The van der Waals surface area contributed by atoms with Crippen LogP contribution in [0.5, 0.6) is 0 Å². The Morgan fingerprint density at radius 1 is 0.864 bits per heavy atom.